The molecule has 0 bridgehead atoms. The third-order valence-electron chi connectivity index (χ3n) is 2.22. The number of benzene rings is 1. The van der Waals surface area contributed by atoms with E-state index >= 15 is 0 Å². The van der Waals surface area contributed by atoms with Crippen LogP contribution in [0.25, 0.3) is 0 Å². The first-order valence-electron chi connectivity index (χ1n) is 5.34. The molecule has 0 saturated heterocycles. The van der Waals surface area contributed by atoms with Crippen molar-refractivity contribution in [3.05, 3.63) is 36.2 Å². The van der Waals surface area contributed by atoms with Crippen LogP contribution in [0.4, 0.5) is 5.82 Å². The van der Waals surface area contributed by atoms with Crippen LogP contribution in [0, 0.1) is 0 Å². The smallest absolute Gasteiger partial charge is 0.233 e. The van der Waals surface area contributed by atoms with E-state index in [1.54, 1.807) is 12.1 Å². The second-order valence-corrected chi connectivity index (χ2v) is 3.49. The van der Waals surface area contributed by atoms with E-state index in [2.05, 4.69) is 20.0 Å². The van der Waals surface area contributed by atoms with Crippen LogP contribution < -0.4 is 10.5 Å². The van der Waals surface area contributed by atoms with E-state index in [0.717, 1.165) is 0 Å². The Labute approximate surface area is 109 Å². The van der Waals surface area contributed by atoms with Gasteiger partial charge in [0.1, 0.15) is 36.3 Å². The van der Waals surface area contributed by atoms with Gasteiger partial charge < -0.3 is 20.4 Å². The first kappa shape index (κ1) is 12.6. The van der Waals surface area contributed by atoms with Crippen LogP contribution in [0.3, 0.4) is 0 Å². The maximum Gasteiger partial charge on any atom is 0.233 e. The predicted molar refractivity (Wildman–Crippen MR) is 69.2 cm³/mol. The Bertz CT molecular complexity index is 584. The Morgan fingerprint density at radius 1 is 1.26 bits per heavy atom. The van der Waals surface area contributed by atoms with Crippen molar-refractivity contribution in [1.82, 2.24) is 9.97 Å². The van der Waals surface area contributed by atoms with Crippen molar-refractivity contribution >= 4 is 12.0 Å². The van der Waals surface area contributed by atoms with Crippen LogP contribution >= 0.6 is 0 Å². The summed E-state index contributed by atoms with van der Waals surface area (Å²) < 4.78 is 5.55. The summed E-state index contributed by atoms with van der Waals surface area (Å²) in [6, 6.07) is 6.21. The molecule has 1 aromatic heterocycles. The molecule has 0 unspecified atom stereocenters. The predicted octanol–water partition coefficient (Wildman–Crippen LogP) is 1.54. The number of aromatic hydroxyl groups is 1. The van der Waals surface area contributed by atoms with Gasteiger partial charge in [0.2, 0.25) is 5.88 Å². The largest absolute Gasteiger partial charge is 0.508 e. The van der Waals surface area contributed by atoms with Crippen molar-refractivity contribution in [3.63, 3.8) is 0 Å². The molecule has 0 aliphatic carbocycles. The lowest BCUT2D eigenvalue weighted by atomic mass is 10.3. The fourth-order valence-electron chi connectivity index (χ4n) is 1.33. The Hall–Kier alpha value is -2.83. The Balaban J connectivity index is 2.31. The lowest BCUT2D eigenvalue weighted by molar-refractivity contribution is 0.215. The highest BCUT2D eigenvalue weighted by Crippen LogP contribution is 2.25. The normalized spacial score (nSPS) is 10.6. The van der Waals surface area contributed by atoms with Crippen LogP contribution in [-0.2, 0) is 4.84 Å². The fraction of sp³-hybridized carbons (Fsp3) is 0.0833. The number of rotatable bonds is 4. The number of nitrogen functional groups attached to an aromatic ring is 1. The van der Waals surface area contributed by atoms with Crippen LogP contribution in [0.1, 0.15) is 5.56 Å². The highest BCUT2D eigenvalue weighted by atomic mass is 16.6. The number of hydrogen-bond donors (Lipinski definition) is 2. The van der Waals surface area contributed by atoms with Crippen LogP contribution in [0.2, 0.25) is 0 Å². The monoisotopic (exact) mass is 260 g/mol. The minimum absolute atomic E-state index is 0.149. The lowest BCUT2D eigenvalue weighted by Gasteiger charge is -2.08. The molecule has 0 aliphatic heterocycles. The summed E-state index contributed by atoms with van der Waals surface area (Å²) in [7, 11) is 1.41. The number of nitrogens with two attached hydrogens (primary N) is 1. The molecule has 98 valence electrons. The second-order valence-electron chi connectivity index (χ2n) is 3.49. The zero-order chi connectivity index (χ0) is 13.7. The molecule has 0 saturated carbocycles. The van der Waals surface area contributed by atoms with Crippen molar-refractivity contribution in [2.24, 2.45) is 5.16 Å². The van der Waals surface area contributed by atoms with E-state index in [9.17, 15) is 5.11 Å². The van der Waals surface area contributed by atoms with E-state index in [1.807, 2.05) is 0 Å². The molecule has 0 radical (unpaired) electrons. The average molecular weight is 260 g/mol. The first-order chi connectivity index (χ1) is 9.20. The number of nitrogens with zero attached hydrogens (tertiary/aromatic N) is 3. The highest BCUT2D eigenvalue weighted by Gasteiger charge is 2.10. The molecule has 7 nitrogen and oxygen atoms in total. The average Bonchev–Trinajstić information content (AvgIpc) is 2.41. The summed E-state index contributed by atoms with van der Waals surface area (Å²) in [4.78, 5) is 12.4. The second kappa shape index (κ2) is 5.67. The van der Waals surface area contributed by atoms with Crippen LogP contribution in [0.15, 0.2) is 35.7 Å². The molecule has 1 heterocycles. The molecule has 1 aromatic carbocycles. The van der Waals surface area contributed by atoms with Gasteiger partial charge in [0, 0.05) is 0 Å². The van der Waals surface area contributed by atoms with E-state index in [1.165, 1.54) is 31.8 Å². The summed E-state index contributed by atoms with van der Waals surface area (Å²) in [5, 5.41) is 12.8. The number of hydrogen-bond acceptors (Lipinski definition) is 7. The van der Waals surface area contributed by atoms with Gasteiger partial charge in [0.25, 0.3) is 0 Å². The molecule has 0 aliphatic rings. The van der Waals surface area contributed by atoms with Gasteiger partial charge >= 0.3 is 0 Å². The third kappa shape index (κ3) is 3.09. The summed E-state index contributed by atoms with van der Waals surface area (Å²) in [5.74, 6) is 1.13. The van der Waals surface area contributed by atoms with Crippen molar-refractivity contribution in [2.45, 2.75) is 0 Å². The topological polar surface area (TPSA) is 103 Å². The van der Waals surface area contributed by atoms with Crippen molar-refractivity contribution in [1.29, 1.82) is 0 Å². The molecule has 7 heteroatoms. The summed E-state index contributed by atoms with van der Waals surface area (Å²) in [6.07, 6.45) is 2.65. The molecular weight excluding hydrogens is 248 g/mol. The Kier molecular flexibility index (Phi) is 3.77. The Morgan fingerprint density at radius 3 is 2.68 bits per heavy atom. The molecule has 2 aromatic rings. The van der Waals surface area contributed by atoms with Gasteiger partial charge in [-0.15, -0.1) is 0 Å². The minimum atomic E-state index is 0.149. The van der Waals surface area contributed by atoms with Crippen molar-refractivity contribution in [3.8, 4) is 17.4 Å². The van der Waals surface area contributed by atoms with Gasteiger partial charge in [-0.2, -0.15) is 0 Å². The highest BCUT2D eigenvalue weighted by molar-refractivity contribution is 5.88. The molecule has 0 atom stereocenters. The molecule has 2 rings (SSSR count). The molecule has 0 amide bonds. The number of anilines is 1. The number of phenolic OH excluding ortho intramolecular Hbond substituents is 1. The SMILES string of the molecule is CON=Cc1c(N)ncnc1Oc1ccc(O)cc1. The maximum absolute atomic E-state index is 9.20. The zero-order valence-electron chi connectivity index (χ0n) is 10.1. The summed E-state index contributed by atoms with van der Waals surface area (Å²) in [6.45, 7) is 0. The maximum atomic E-state index is 9.20. The van der Waals surface area contributed by atoms with Gasteiger partial charge in [-0.1, -0.05) is 5.16 Å². The summed E-state index contributed by atoms with van der Waals surface area (Å²) in [5.41, 5.74) is 6.14. The minimum Gasteiger partial charge on any atom is -0.508 e. The summed E-state index contributed by atoms with van der Waals surface area (Å²) >= 11 is 0. The molecule has 0 fully saturated rings. The quantitative estimate of drug-likeness (QED) is 0.638. The molecule has 3 N–H and O–H groups in total. The molecule has 19 heavy (non-hydrogen) atoms. The molecule has 0 spiro atoms. The van der Waals surface area contributed by atoms with E-state index in [4.69, 9.17) is 10.5 Å². The number of aromatic nitrogens is 2. The number of phenols is 1. The fourth-order valence-corrected chi connectivity index (χ4v) is 1.33. The number of oxime groups is 1. The van der Waals surface area contributed by atoms with Crippen LogP contribution in [0.5, 0.6) is 17.4 Å². The van der Waals surface area contributed by atoms with Gasteiger partial charge in [-0.3, -0.25) is 0 Å². The number of ether oxygens (including phenoxy) is 1. The van der Waals surface area contributed by atoms with Gasteiger partial charge in [0.15, 0.2) is 0 Å². The Morgan fingerprint density at radius 2 is 2.00 bits per heavy atom. The lowest BCUT2D eigenvalue weighted by Crippen LogP contribution is -2.02. The van der Waals surface area contributed by atoms with Gasteiger partial charge in [-0.25, -0.2) is 9.97 Å². The first-order valence-corrected chi connectivity index (χ1v) is 5.34. The third-order valence-corrected chi connectivity index (χ3v) is 2.22. The van der Waals surface area contributed by atoms with E-state index < -0.39 is 0 Å². The van der Waals surface area contributed by atoms with Crippen molar-refractivity contribution < 1.29 is 14.7 Å². The standard InChI is InChI=1S/C12H12N4O3/c1-18-16-6-10-11(13)14-7-15-12(10)19-9-4-2-8(17)3-5-9/h2-7,17H,1H3,(H2,13,14,15). The van der Waals surface area contributed by atoms with Gasteiger partial charge in [0.05, 0.1) is 6.21 Å². The molecular formula is C12H12N4O3. The van der Waals surface area contributed by atoms with E-state index in [0.29, 0.717) is 11.3 Å². The van der Waals surface area contributed by atoms with Crippen molar-refractivity contribution in [2.75, 3.05) is 12.8 Å². The van der Waals surface area contributed by atoms with Gasteiger partial charge in [-0.05, 0) is 24.3 Å². The van der Waals surface area contributed by atoms with E-state index in [-0.39, 0.29) is 17.4 Å². The van der Waals surface area contributed by atoms with Crippen LogP contribution in [-0.4, -0.2) is 28.4 Å². The zero-order valence-corrected chi connectivity index (χ0v) is 10.1.